The van der Waals surface area contributed by atoms with Crippen molar-refractivity contribution in [3.63, 3.8) is 0 Å². The van der Waals surface area contributed by atoms with Gasteiger partial charge in [-0.15, -0.1) is 0 Å². The predicted molar refractivity (Wildman–Crippen MR) is 84.0 cm³/mol. The van der Waals surface area contributed by atoms with E-state index in [0.29, 0.717) is 18.5 Å². The second-order valence-electron chi connectivity index (χ2n) is 6.79. The fourth-order valence-electron chi connectivity index (χ4n) is 4.57. The number of fused-ring (bicyclic) bond motifs is 1. The van der Waals surface area contributed by atoms with Crippen LogP contribution in [0.5, 0.6) is 0 Å². The Bertz CT molecular complexity index is 623. The maximum absolute atomic E-state index is 6.39. The zero-order valence-corrected chi connectivity index (χ0v) is 13.1. The highest BCUT2D eigenvalue weighted by molar-refractivity contribution is 6.30. The third-order valence-corrected chi connectivity index (χ3v) is 6.31. The van der Waals surface area contributed by atoms with Crippen LogP contribution in [-0.4, -0.2) is 18.3 Å². The fourth-order valence-corrected chi connectivity index (χ4v) is 4.74. The van der Waals surface area contributed by atoms with E-state index in [4.69, 9.17) is 16.6 Å². The summed E-state index contributed by atoms with van der Waals surface area (Å²) in [5.74, 6) is 0.567. The molecule has 0 aromatic heterocycles. The van der Waals surface area contributed by atoms with Crippen molar-refractivity contribution in [2.24, 2.45) is 16.3 Å². The molecule has 3 unspecified atom stereocenters. The summed E-state index contributed by atoms with van der Waals surface area (Å²) in [5, 5.41) is 4.65. The van der Waals surface area contributed by atoms with Gasteiger partial charge in [0, 0.05) is 27.9 Å². The summed E-state index contributed by atoms with van der Waals surface area (Å²) < 4.78 is 0. The fraction of sp³-hybridized carbons (Fsp3) is 0.588. The van der Waals surface area contributed by atoms with E-state index in [-0.39, 0.29) is 5.41 Å². The van der Waals surface area contributed by atoms with Crippen molar-refractivity contribution >= 4 is 17.3 Å². The number of allylic oxidation sites excluding steroid dienone is 4. The molecular weight excluding hydrogens is 268 g/mol. The monoisotopic (exact) mass is 288 g/mol. The van der Waals surface area contributed by atoms with Gasteiger partial charge in [0.2, 0.25) is 0 Å². The lowest BCUT2D eigenvalue weighted by Crippen LogP contribution is -2.46. The second kappa shape index (κ2) is 4.00. The van der Waals surface area contributed by atoms with Gasteiger partial charge in [-0.25, -0.2) is 0 Å². The van der Waals surface area contributed by atoms with Crippen LogP contribution < -0.4 is 5.32 Å². The van der Waals surface area contributed by atoms with E-state index >= 15 is 0 Å². The highest BCUT2D eigenvalue weighted by Gasteiger charge is 2.50. The molecule has 20 heavy (non-hydrogen) atoms. The predicted octanol–water partition coefficient (Wildman–Crippen LogP) is 3.95. The molecule has 2 aliphatic heterocycles. The molecule has 3 atom stereocenters. The Morgan fingerprint density at radius 2 is 2.20 bits per heavy atom. The van der Waals surface area contributed by atoms with Crippen molar-refractivity contribution in [3.05, 3.63) is 33.5 Å². The van der Waals surface area contributed by atoms with Crippen molar-refractivity contribution in [2.75, 3.05) is 6.54 Å². The highest BCUT2D eigenvalue weighted by Crippen LogP contribution is 2.54. The van der Waals surface area contributed by atoms with Gasteiger partial charge in [0.1, 0.15) is 0 Å². The number of aliphatic imine (C=N–C) groups is 1. The molecule has 0 fully saturated rings. The topological polar surface area (TPSA) is 24.4 Å². The van der Waals surface area contributed by atoms with Gasteiger partial charge in [-0.3, -0.25) is 4.99 Å². The summed E-state index contributed by atoms with van der Waals surface area (Å²) in [7, 11) is 0. The normalized spacial score (nSPS) is 39.0. The maximum atomic E-state index is 6.39. The molecule has 4 aliphatic rings. The minimum atomic E-state index is 0.0782. The van der Waals surface area contributed by atoms with E-state index in [2.05, 4.69) is 32.2 Å². The van der Waals surface area contributed by atoms with Crippen molar-refractivity contribution in [1.82, 2.24) is 5.32 Å². The smallest absolute Gasteiger partial charge is 0.0746 e. The lowest BCUT2D eigenvalue weighted by molar-refractivity contribution is 0.271. The van der Waals surface area contributed by atoms with Gasteiger partial charge >= 0.3 is 0 Å². The maximum Gasteiger partial charge on any atom is 0.0746 e. The van der Waals surface area contributed by atoms with E-state index in [9.17, 15) is 0 Å². The summed E-state index contributed by atoms with van der Waals surface area (Å²) in [5.41, 5.74) is 7.33. The number of hydrogen-bond acceptors (Lipinski definition) is 2. The van der Waals surface area contributed by atoms with Gasteiger partial charge in [0.15, 0.2) is 0 Å². The molecule has 0 spiro atoms. The first kappa shape index (κ1) is 12.7. The van der Waals surface area contributed by atoms with Gasteiger partial charge in [0.05, 0.1) is 6.54 Å². The summed E-state index contributed by atoms with van der Waals surface area (Å²) in [6, 6.07) is 0.549. The Morgan fingerprint density at radius 1 is 1.40 bits per heavy atom. The third kappa shape index (κ3) is 1.43. The molecule has 0 radical (unpaired) electrons. The van der Waals surface area contributed by atoms with Gasteiger partial charge in [0.25, 0.3) is 0 Å². The Balaban J connectivity index is 2.06. The number of rotatable bonds is 0. The zero-order chi connectivity index (χ0) is 14.1. The first-order chi connectivity index (χ1) is 9.51. The van der Waals surface area contributed by atoms with Crippen LogP contribution in [0, 0.1) is 11.3 Å². The Kier molecular flexibility index (Phi) is 2.54. The van der Waals surface area contributed by atoms with Crippen LogP contribution in [0.1, 0.15) is 40.0 Å². The van der Waals surface area contributed by atoms with E-state index in [1.54, 1.807) is 5.57 Å². The van der Waals surface area contributed by atoms with Gasteiger partial charge in [-0.2, -0.15) is 0 Å². The molecular formula is C17H21ClN2. The summed E-state index contributed by atoms with van der Waals surface area (Å²) in [4.78, 5) is 4.79. The van der Waals surface area contributed by atoms with E-state index < -0.39 is 0 Å². The van der Waals surface area contributed by atoms with E-state index in [0.717, 1.165) is 24.3 Å². The van der Waals surface area contributed by atoms with Crippen LogP contribution in [-0.2, 0) is 0 Å². The molecule has 1 N–H and O–H groups in total. The lowest BCUT2D eigenvalue weighted by Gasteiger charge is -2.44. The first-order valence-electron chi connectivity index (χ1n) is 7.62. The number of halogens is 1. The number of hydrogen-bond donors (Lipinski definition) is 1. The van der Waals surface area contributed by atoms with Crippen LogP contribution >= 0.6 is 11.6 Å². The summed E-state index contributed by atoms with van der Waals surface area (Å²) in [6.45, 7) is 7.61. The van der Waals surface area contributed by atoms with Gasteiger partial charge in [-0.1, -0.05) is 31.0 Å². The van der Waals surface area contributed by atoms with E-state index in [1.807, 2.05) is 0 Å². The summed E-state index contributed by atoms with van der Waals surface area (Å²) in [6.07, 6.45) is 5.65. The largest absolute Gasteiger partial charge is 0.385 e. The molecule has 0 saturated heterocycles. The molecule has 5 bridgehead atoms. The molecule has 0 aromatic rings. The average Bonchev–Trinajstić information content (AvgIpc) is 2.84. The molecule has 0 aromatic carbocycles. The Morgan fingerprint density at radius 3 is 3.00 bits per heavy atom. The van der Waals surface area contributed by atoms with E-state index in [1.165, 1.54) is 22.6 Å². The SMILES string of the molecule is CC1=NCC(Cl)=CC2=C3CCC4=C2CC(N4)C(C)C13C. The van der Waals surface area contributed by atoms with Crippen molar-refractivity contribution in [3.8, 4) is 0 Å². The molecule has 0 saturated carbocycles. The van der Waals surface area contributed by atoms with Gasteiger partial charge < -0.3 is 5.32 Å². The minimum absolute atomic E-state index is 0.0782. The van der Waals surface area contributed by atoms with Crippen LogP contribution in [0.25, 0.3) is 0 Å². The lowest BCUT2D eigenvalue weighted by atomic mass is 9.63. The van der Waals surface area contributed by atoms with Crippen LogP contribution in [0.2, 0.25) is 0 Å². The molecule has 3 heteroatoms. The quantitative estimate of drug-likeness (QED) is 0.717. The first-order valence-corrected chi connectivity index (χ1v) is 7.99. The second-order valence-corrected chi connectivity index (χ2v) is 7.27. The average molecular weight is 289 g/mol. The summed E-state index contributed by atoms with van der Waals surface area (Å²) >= 11 is 6.39. The number of nitrogens with zero attached hydrogens (tertiary/aromatic N) is 1. The van der Waals surface area contributed by atoms with Crippen molar-refractivity contribution in [1.29, 1.82) is 0 Å². The van der Waals surface area contributed by atoms with Crippen LogP contribution in [0.4, 0.5) is 0 Å². The Hall–Kier alpha value is -1.02. The molecule has 2 nitrogen and oxygen atoms in total. The standard InChI is InChI=1S/C17H21ClN2/c1-9-16-7-13-12-6-11(18)8-19-10(2)17(9,3)14(12)4-5-15(13)20-16/h6,9,16,20H,4-5,7-8H2,1-3H3. The molecule has 2 aliphatic carbocycles. The highest BCUT2D eigenvalue weighted by atomic mass is 35.5. The van der Waals surface area contributed by atoms with Crippen LogP contribution in [0.15, 0.2) is 38.5 Å². The third-order valence-electron chi connectivity index (χ3n) is 6.08. The van der Waals surface area contributed by atoms with Crippen LogP contribution in [0.3, 0.4) is 0 Å². The molecule has 4 rings (SSSR count). The molecule has 0 amide bonds. The molecule has 106 valence electrons. The Labute approximate surface area is 125 Å². The zero-order valence-electron chi connectivity index (χ0n) is 12.4. The molecule has 2 heterocycles. The minimum Gasteiger partial charge on any atom is -0.385 e. The number of nitrogens with one attached hydrogen (secondary N) is 1. The van der Waals surface area contributed by atoms with Gasteiger partial charge in [-0.05, 0) is 49.3 Å². The van der Waals surface area contributed by atoms with Crippen molar-refractivity contribution in [2.45, 2.75) is 46.1 Å². The van der Waals surface area contributed by atoms with Crippen molar-refractivity contribution < 1.29 is 0 Å².